The number of carbonyl (C=O) groups excluding carboxylic acids is 1. The summed E-state index contributed by atoms with van der Waals surface area (Å²) in [6, 6.07) is 5.97. The fourth-order valence-electron chi connectivity index (χ4n) is 3.03. The van der Waals surface area contributed by atoms with Gasteiger partial charge in [-0.2, -0.15) is 0 Å². The molecule has 0 saturated heterocycles. The molecule has 0 aliphatic carbocycles. The van der Waals surface area contributed by atoms with Crippen LogP contribution in [-0.4, -0.2) is 20.3 Å². The molecule has 1 amide bonds. The fraction of sp³-hybridized carbons (Fsp3) is 0.353. The first-order chi connectivity index (χ1) is 11.1. The monoisotopic (exact) mass is 326 g/mol. The van der Waals surface area contributed by atoms with E-state index in [0.717, 1.165) is 27.7 Å². The Hall–Kier alpha value is -2.21. The number of nitrogens with one attached hydrogen (secondary N) is 1. The number of hydrogen-bond donors (Lipinski definition) is 1. The molecular formula is C17H18N4OS. The van der Waals surface area contributed by atoms with Crippen molar-refractivity contribution in [1.29, 1.82) is 0 Å². The summed E-state index contributed by atoms with van der Waals surface area (Å²) in [5.74, 6) is 0.405. The predicted octanol–water partition coefficient (Wildman–Crippen LogP) is 3.07. The average Bonchev–Trinajstić information content (AvgIpc) is 3.12. The Morgan fingerprint density at radius 1 is 1.35 bits per heavy atom. The highest BCUT2D eigenvalue weighted by atomic mass is 32.1. The number of imidazole rings is 1. The van der Waals surface area contributed by atoms with Crippen molar-refractivity contribution in [3.05, 3.63) is 51.9 Å². The summed E-state index contributed by atoms with van der Waals surface area (Å²) in [7, 11) is 0. The van der Waals surface area contributed by atoms with Crippen molar-refractivity contribution >= 4 is 22.9 Å². The van der Waals surface area contributed by atoms with Gasteiger partial charge in [-0.1, -0.05) is 19.9 Å². The second-order valence-corrected chi connectivity index (χ2v) is 7.06. The standard InChI is InChI=1S/C17H18N4OS/c1-10(2)13-9-23-17(20-13)11-7-15(22)18-8-12-16(11)21-6-4-3-5-14(21)19-12/h3-6,9-11H,7-8H2,1-2H3,(H,18,22)/t11-/m0/s1. The number of hydrogen-bond acceptors (Lipinski definition) is 4. The lowest BCUT2D eigenvalue weighted by Gasteiger charge is -2.12. The minimum Gasteiger partial charge on any atom is -0.350 e. The highest BCUT2D eigenvalue weighted by Gasteiger charge is 2.30. The van der Waals surface area contributed by atoms with Gasteiger partial charge in [0.25, 0.3) is 0 Å². The van der Waals surface area contributed by atoms with E-state index >= 15 is 0 Å². The molecule has 23 heavy (non-hydrogen) atoms. The van der Waals surface area contributed by atoms with Crippen molar-refractivity contribution in [3.63, 3.8) is 0 Å². The molecule has 1 aliphatic heterocycles. The van der Waals surface area contributed by atoms with Crippen LogP contribution in [0.15, 0.2) is 29.8 Å². The summed E-state index contributed by atoms with van der Waals surface area (Å²) in [5, 5.41) is 6.05. The Bertz CT molecular complexity index is 880. The zero-order chi connectivity index (χ0) is 16.0. The second-order valence-electron chi connectivity index (χ2n) is 6.17. The van der Waals surface area contributed by atoms with Crippen LogP contribution in [0.2, 0.25) is 0 Å². The van der Waals surface area contributed by atoms with Gasteiger partial charge in [-0.25, -0.2) is 9.97 Å². The van der Waals surface area contributed by atoms with Crippen LogP contribution in [-0.2, 0) is 11.3 Å². The Labute approximate surface area is 138 Å². The van der Waals surface area contributed by atoms with Gasteiger partial charge >= 0.3 is 0 Å². The molecule has 0 saturated carbocycles. The third-order valence-electron chi connectivity index (χ3n) is 4.25. The minimum absolute atomic E-state index is 0.0394. The van der Waals surface area contributed by atoms with Gasteiger partial charge in [-0.3, -0.25) is 4.79 Å². The number of rotatable bonds is 2. The predicted molar refractivity (Wildman–Crippen MR) is 89.7 cm³/mol. The lowest BCUT2D eigenvalue weighted by Crippen LogP contribution is -2.21. The third kappa shape index (κ3) is 2.43. The van der Waals surface area contributed by atoms with E-state index in [9.17, 15) is 4.79 Å². The Morgan fingerprint density at radius 3 is 3.00 bits per heavy atom. The number of aromatic nitrogens is 3. The van der Waals surface area contributed by atoms with Gasteiger partial charge in [0.05, 0.1) is 29.5 Å². The average molecular weight is 326 g/mol. The molecule has 0 bridgehead atoms. The Morgan fingerprint density at radius 2 is 2.22 bits per heavy atom. The van der Waals surface area contributed by atoms with Crippen LogP contribution in [0.1, 0.15) is 54.2 Å². The molecule has 0 spiro atoms. The van der Waals surface area contributed by atoms with Crippen LogP contribution in [0.25, 0.3) is 5.65 Å². The molecule has 0 aromatic carbocycles. The normalized spacial score (nSPS) is 18.0. The molecular weight excluding hydrogens is 308 g/mol. The molecule has 0 unspecified atom stereocenters. The summed E-state index contributed by atoms with van der Waals surface area (Å²) in [5.41, 5.74) is 4.03. The topological polar surface area (TPSA) is 59.3 Å². The highest BCUT2D eigenvalue weighted by molar-refractivity contribution is 7.09. The molecule has 0 fully saturated rings. The second kappa shape index (κ2) is 5.45. The number of pyridine rings is 1. The van der Waals surface area contributed by atoms with Crippen LogP contribution in [0.4, 0.5) is 0 Å². The van der Waals surface area contributed by atoms with E-state index in [-0.39, 0.29) is 11.8 Å². The minimum atomic E-state index is -0.0394. The maximum Gasteiger partial charge on any atom is 0.221 e. The molecule has 4 rings (SSSR count). The van der Waals surface area contributed by atoms with Crippen LogP contribution in [0, 0.1) is 0 Å². The van der Waals surface area contributed by atoms with Gasteiger partial charge in [-0.05, 0) is 18.1 Å². The molecule has 1 atom stereocenters. The van der Waals surface area contributed by atoms with Crippen molar-refractivity contribution in [2.45, 2.75) is 38.6 Å². The van der Waals surface area contributed by atoms with Gasteiger partial charge in [0.2, 0.25) is 5.91 Å². The molecule has 3 aromatic rings. The van der Waals surface area contributed by atoms with E-state index in [1.54, 1.807) is 11.3 Å². The van der Waals surface area contributed by atoms with E-state index in [1.165, 1.54) is 0 Å². The smallest absolute Gasteiger partial charge is 0.221 e. The third-order valence-corrected chi connectivity index (χ3v) is 5.22. The van der Waals surface area contributed by atoms with E-state index in [2.05, 4.69) is 28.9 Å². The summed E-state index contributed by atoms with van der Waals surface area (Å²) < 4.78 is 2.09. The maximum atomic E-state index is 12.1. The lowest BCUT2D eigenvalue weighted by molar-refractivity contribution is -0.121. The number of carbonyl (C=O) groups is 1. The Kier molecular flexibility index (Phi) is 3.41. The van der Waals surface area contributed by atoms with E-state index < -0.39 is 0 Å². The molecule has 5 nitrogen and oxygen atoms in total. The van der Waals surface area contributed by atoms with Crippen molar-refractivity contribution in [1.82, 2.24) is 19.7 Å². The van der Waals surface area contributed by atoms with Crippen molar-refractivity contribution in [3.8, 4) is 0 Å². The van der Waals surface area contributed by atoms with Crippen LogP contribution >= 0.6 is 11.3 Å². The van der Waals surface area contributed by atoms with Gasteiger partial charge in [0.1, 0.15) is 10.7 Å². The summed E-state index contributed by atoms with van der Waals surface area (Å²) >= 11 is 1.64. The van der Waals surface area contributed by atoms with Crippen molar-refractivity contribution in [2.75, 3.05) is 0 Å². The van der Waals surface area contributed by atoms with E-state index in [4.69, 9.17) is 9.97 Å². The fourth-order valence-corrected chi connectivity index (χ4v) is 4.11. The quantitative estimate of drug-likeness (QED) is 0.787. The molecule has 3 aromatic heterocycles. The molecule has 1 N–H and O–H groups in total. The van der Waals surface area contributed by atoms with Crippen LogP contribution in [0.3, 0.4) is 0 Å². The van der Waals surface area contributed by atoms with Crippen LogP contribution < -0.4 is 5.32 Å². The zero-order valence-electron chi connectivity index (χ0n) is 13.1. The lowest BCUT2D eigenvalue weighted by atomic mass is 10.0. The SMILES string of the molecule is CC(C)c1csc([C@H]2CC(=O)NCc3nc4ccccn4c32)n1. The van der Waals surface area contributed by atoms with Crippen LogP contribution in [0.5, 0.6) is 0 Å². The molecule has 118 valence electrons. The first-order valence-corrected chi connectivity index (χ1v) is 8.69. The van der Waals surface area contributed by atoms with Gasteiger partial charge in [0.15, 0.2) is 0 Å². The van der Waals surface area contributed by atoms with Crippen molar-refractivity contribution in [2.24, 2.45) is 0 Å². The number of fused-ring (bicyclic) bond motifs is 3. The molecule has 4 heterocycles. The molecule has 1 aliphatic rings. The maximum absolute atomic E-state index is 12.1. The van der Waals surface area contributed by atoms with Gasteiger partial charge < -0.3 is 9.72 Å². The number of amides is 1. The van der Waals surface area contributed by atoms with Gasteiger partial charge in [-0.15, -0.1) is 11.3 Å². The van der Waals surface area contributed by atoms with E-state index in [0.29, 0.717) is 18.9 Å². The summed E-state index contributed by atoms with van der Waals surface area (Å²) in [6.07, 6.45) is 2.43. The Balaban J connectivity index is 1.89. The largest absolute Gasteiger partial charge is 0.350 e. The highest BCUT2D eigenvalue weighted by Crippen LogP contribution is 2.35. The summed E-state index contributed by atoms with van der Waals surface area (Å²) in [4.78, 5) is 21.6. The van der Waals surface area contributed by atoms with E-state index in [1.807, 2.05) is 24.4 Å². The van der Waals surface area contributed by atoms with Crippen molar-refractivity contribution < 1.29 is 4.79 Å². The summed E-state index contributed by atoms with van der Waals surface area (Å²) in [6.45, 7) is 4.76. The number of nitrogens with zero attached hydrogens (tertiary/aromatic N) is 3. The first kappa shape index (κ1) is 14.4. The first-order valence-electron chi connectivity index (χ1n) is 7.81. The number of thiazole rings is 1. The zero-order valence-corrected chi connectivity index (χ0v) is 13.9. The molecule has 0 radical (unpaired) electrons. The van der Waals surface area contributed by atoms with Gasteiger partial charge in [0, 0.05) is 18.0 Å². The molecule has 6 heteroatoms.